The van der Waals surface area contributed by atoms with Crippen LogP contribution in [0, 0.1) is 6.92 Å². The number of hydrogen-bond acceptors (Lipinski definition) is 6. The van der Waals surface area contributed by atoms with Crippen molar-refractivity contribution in [3.8, 4) is 0 Å². The lowest BCUT2D eigenvalue weighted by atomic mass is 10.1. The van der Waals surface area contributed by atoms with E-state index in [2.05, 4.69) is 20.2 Å². The molecule has 0 aromatic carbocycles. The van der Waals surface area contributed by atoms with Crippen LogP contribution in [-0.4, -0.2) is 56.2 Å². The quantitative estimate of drug-likeness (QED) is 0.804. The minimum atomic E-state index is -5.08. The lowest BCUT2D eigenvalue weighted by Crippen LogP contribution is -2.43. The fraction of sp³-hybridized carbons (Fsp3) is 0.467. The van der Waals surface area contributed by atoms with Crippen molar-refractivity contribution in [3.63, 3.8) is 0 Å². The van der Waals surface area contributed by atoms with Gasteiger partial charge in [-0.2, -0.15) is 13.2 Å². The average molecular weight is 405 g/mol. The summed E-state index contributed by atoms with van der Waals surface area (Å²) in [5, 5.41) is 9.86. The summed E-state index contributed by atoms with van der Waals surface area (Å²) < 4.78 is 33.7. The number of thiazole rings is 1. The second-order valence-electron chi connectivity index (χ2n) is 5.76. The van der Waals surface area contributed by atoms with Crippen LogP contribution in [0.5, 0.6) is 0 Å². The Hall–Kier alpha value is -2.47. The van der Waals surface area contributed by atoms with Crippen molar-refractivity contribution in [2.24, 2.45) is 0 Å². The number of nitrogens with one attached hydrogen (secondary N) is 1. The highest BCUT2D eigenvalue weighted by molar-refractivity contribution is 7.09. The van der Waals surface area contributed by atoms with E-state index in [0.717, 1.165) is 24.5 Å². The van der Waals surface area contributed by atoms with E-state index in [-0.39, 0.29) is 11.9 Å². The molecule has 0 saturated carbocycles. The lowest BCUT2D eigenvalue weighted by Gasteiger charge is -2.33. The number of aryl methyl sites for hydroxylation is 1. The summed E-state index contributed by atoms with van der Waals surface area (Å²) in [5.74, 6) is -2.73. The Balaban J connectivity index is 0.000000321. The minimum absolute atomic E-state index is 0.0231. The molecule has 12 heteroatoms. The van der Waals surface area contributed by atoms with E-state index in [1.165, 1.54) is 4.88 Å². The number of hydrogen-bond donors (Lipinski definition) is 2. The highest BCUT2D eigenvalue weighted by Gasteiger charge is 2.38. The number of amides is 1. The zero-order valence-corrected chi connectivity index (χ0v) is 15.3. The first-order valence-corrected chi connectivity index (χ1v) is 8.65. The van der Waals surface area contributed by atoms with Crippen molar-refractivity contribution >= 4 is 23.2 Å². The molecular weight excluding hydrogens is 387 g/mol. The fourth-order valence-electron chi connectivity index (χ4n) is 2.54. The summed E-state index contributed by atoms with van der Waals surface area (Å²) in [6, 6.07) is -0.209. The number of carbonyl (C=O) groups is 2. The zero-order chi connectivity index (χ0) is 20.2. The lowest BCUT2D eigenvalue weighted by molar-refractivity contribution is -0.192. The summed E-state index contributed by atoms with van der Waals surface area (Å²) in [4.78, 5) is 32.9. The normalized spacial score (nSPS) is 16.9. The molecule has 0 bridgehead atoms. The largest absolute Gasteiger partial charge is 0.490 e. The summed E-state index contributed by atoms with van der Waals surface area (Å²) in [7, 11) is 1.67. The van der Waals surface area contributed by atoms with Crippen molar-refractivity contribution in [2.45, 2.75) is 32.2 Å². The Morgan fingerprint density at radius 3 is 2.63 bits per heavy atom. The maximum absolute atomic E-state index is 12.0. The predicted octanol–water partition coefficient (Wildman–Crippen LogP) is 1.58. The number of fused-ring (bicyclic) bond motifs is 1. The Kier molecular flexibility index (Phi) is 6.54. The molecule has 0 radical (unpaired) electrons. The summed E-state index contributed by atoms with van der Waals surface area (Å²) in [6.07, 6.45) is -1.51. The molecule has 1 atom stereocenters. The van der Waals surface area contributed by atoms with Gasteiger partial charge >= 0.3 is 12.1 Å². The first kappa shape index (κ1) is 20.8. The van der Waals surface area contributed by atoms with E-state index in [0.29, 0.717) is 6.54 Å². The van der Waals surface area contributed by atoms with Gasteiger partial charge in [0, 0.05) is 37.8 Å². The van der Waals surface area contributed by atoms with Crippen molar-refractivity contribution < 1.29 is 27.9 Å². The number of nitrogens with zero attached hydrogens (tertiary/aromatic N) is 4. The zero-order valence-electron chi connectivity index (χ0n) is 14.5. The molecule has 0 aliphatic carbocycles. The Bertz CT molecular complexity index is 805. The molecule has 3 rings (SSSR count). The standard InChI is InChI=1S/C13H17N5OS.C2HF3O2/c1-9-12(20-8-16-9)6-17-4-10-3-15-7-18(10)11(5-17)13(19)14-2;3-2(4,5)1(6)7/h3,7-8,11H,4-6H2,1-2H3,(H,14,19);(H,6,7). The number of carboxylic acid groups (broad SMARTS) is 1. The van der Waals surface area contributed by atoms with E-state index in [1.807, 2.05) is 23.2 Å². The van der Waals surface area contributed by atoms with Crippen molar-refractivity contribution in [3.05, 3.63) is 34.3 Å². The van der Waals surface area contributed by atoms with Crippen molar-refractivity contribution in [1.82, 2.24) is 24.8 Å². The monoisotopic (exact) mass is 405 g/mol. The number of carboxylic acids is 1. The molecule has 0 spiro atoms. The van der Waals surface area contributed by atoms with E-state index < -0.39 is 12.1 Å². The van der Waals surface area contributed by atoms with Crippen LogP contribution in [0.1, 0.15) is 22.3 Å². The molecule has 1 unspecified atom stereocenters. The van der Waals surface area contributed by atoms with Crippen LogP contribution in [0.25, 0.3) is 0 Å². The highest BCUT2D eigenvalue weighted by Crippen LogP contribution is 2.24. The van der Waals surface area contributed by atoms with Gasteiger partial charge in [-0.3, -0.25) is 9.69 Å². The second kappa shape index (κ2) is 8.48. The van der Waals surface area contributed by atoms with Crippen LogP contribution in [0.4, 0.5) is 13.2 Å². The third kappa shape index (κ3) is 5.26. The van der Waals surface area contributed by atoms with Gasteiger partial charge in [0.15, 0.2) is 0 Å². The molecular formula is C15H18F3N5O3S. The van der Waals surface area contributed by atoms with Gasteiger partial charge < -0.3 is 15.0 Å². The number of aromatic nitrogens is 3. The highest BCUT2D eigenvalue weighted by atomic mass is 32.1. The van der Waals surface area contributed by atoms with Gasteiger partial charge in [0.05, 0.1) is 23.2 Å². The minimum Gasteiger partial charge on any atom is -0.475 e. The first-order chi connectivity index (χ1) is 12.6. The number of carbonyl (C=O) groups excluding carboxylic acids is 1. The average Bonchev–Trinajstić information content (AvgIpc) is 3.22. The van der Waals surface area contributed by atoms with Crippen molar-refractivity contribution in [1.29, 1.82) is 0 Å². The van der Waals surface area contributed by atoms with Gasteiger partial charge in [0.1, 0.15) is 6.04 Å². The van der Waals surface area contributed by atoms with E-state index in [9.17, 15) is 18.0 Å². The maximum atomic E-state index is 12.0. The van der Waals surface area contributed by atoms with E-state index in [1.54, 1.807) is 24.7 Å². The first-order valence-electron chi connectivity index (χ1n) is 7.77. The van der Waals surface area contributed by atoms with Crippen LogP contribution in [0.3, 0.4) is 0 Å². The molecule has 8 nitrogen and oxygen atoms in total. The van der Waals surface area contributed by atoms with E-state index in [4.69, 9.17) is 9.90 Å². The third-order valence-corrected chi connectivity index (χ3v) is 4.82. The van der Waals surface area contributed by atoms with Crippen LogP contribution in [-0.2, 0) is 22.7 Å². The van der Waals surface area contributed by atoms with Crippen LogP contribution in [0.2, 0.25) is 0 Å². The summed E-state index contributed by atoms with van der Waals surface area (Å²) in [6.45, 7) is 4.36. The predicted molar refractivity (Wildman–Crippen MR) is 90.0 cm³/mol. The van der Waals surface area contributed by atoms with Crippen LogP contribution in [0.15, 0.2) is 18.0 Å². The molecule has 2 N–H and O–H groups in total. The van der Waals surface area contributed by atoms with Crippen molar-refractivity contribution in [2.75, 3.05) is 13.6 Å². The number of alkyl halides is 3. The van der Waals surface area contributed by atoms with Gasteiger partial charge in [-0.1, -0.05) is 0 Å². The second-order valence-corrected chi connectivity index (χ2v) is 6.70. The van der Waals surface area contributed by atoms with Gasteiger partial charge in [-0.05, 0) is 6.92 Å². The van der Waals surface area contributed by atoms with Gasteiger partial charge in [-0.25, -0.2) is 14.8 Å². The molecule has 27 heavy (non-hydrogen) atoms. The number of halogens is 3. The molecule has 0 fully saturated rings. The number of likely N-dealkylation sites (N-methyl/N-ethyl adjacent to an activating group) is 1. The topological polar surface area (TPSA) is 100 Å². The molecule has 1 amide bonds. The number of imidazole rings is 1. The number of rotatable bonds is 3. The molecule has 1 aliphatic rings. The molecule has 3 heterocycles. The molecule has 1 aliphatic heterocycles. The van der Waals surface area contributed by atoms with E-state index >= 15 is 0 Å². The van der Waals surface area contributed by atoms with Gasteiger partial charge in [0.25, 0.3) is 0 Å². The molecule has 148 valence electrons. The smallest absolute Gasteiger partial charge is 0.475 e. The van der Waals surface area contributed by atoms with Gasteiger partial charge in [-0.15, -0.1) is 11.3 Å². The Labute approximate surface area is 156 Å². The van der Waals surface area contributed by atoms with Gasteiger partial charge in [0.2, 0.25) is 5.91 Å². The Morgan fingerprint density at radius 1 is 1.44 bits per heavy atom. The molecule has 2 aromatic rings. The molecule has 0 saturated heterocycles. The van der Waals surface area contributed by atoms with Crippen LogP contribution < -0.4 is 5.32 Å². The summed E-state index contributed by atoms with van der Waals surface area (Å²) >= 11 is 1.67. The third-order valence-electron chi connectivity index (χ3n) is 3.90. The van der Waals surface area contributed by atoms with Crippen LogP contribution >= 0.6 is 11.3 Å². The maximum Gasteiger partial charge on any atom is 0.490 e. The number of aliphatic carboxylic acids is 1. The molecule has 2 aromatic heterocycles. The summed E-state index contributed by atoms with van der Waals surface area (Å²) in [5.41, 5.74) is 4.02. The SMILES string of the molecule is CNC(=O)C1CN(Cc2scnc2C)Cc2cncn21.O=C(O)C(F)(F)F. The Morgan fingerprint density at radius 2 is 2.11 bits per heavy atom. The fourth-order valence-corrected chi connectivity index (χ4v) is 3.36.